The molecule has 44 heavy (non-hydrogen) atoms. The van der Waals surface area contributed by atoms with Crippen molar-refractivity contribution in [3.05, 3.63) is 12.2 Å². The zero-order valence-electron chi connectivity index (χ0n) is 27.4. The Hall–Kier alpha value is -1.56. The SMILES string of the molecule is CCCCCCCCC/C=C\CCCCCCCCCC(=O)OC(COC(=O)CCC)COC1OC(CO)C(O)C(O)C1O. The molecule has 258 valence electrons. The summed E-state index contributed by atoms with van der Waals surface area (Å²) in [5.41, 5.74) is 0. The Morgan fingerprint density at radius 1 is 0.682 bits per heavy atom. The van der Waals surface area contributed by atoms with E-state index in [4.69, 9.17) is 18.9 Å². The second-order valence-electron chi connectivity index (χ2n) is 12.0. The summed E-state index contributed by atoms with van der Waals surface area (Å²) in [4.78, 5) is 24.3. The second kappa shape index (κ2) is 26.6. The average molecular weight is 631 g/mol. The van der Waals surface area contributed by atoms with Gasteiger partial charge in [0.25, 0.3) is 0 Å². The first-order chi connectivity index (χ1) is 21.3. The standard InChI is InChI=1S/C34H62O10/c1-3-5-6-7-8-9-10-11-12-13-14-15-16-17-18-19-20-21-23-30(37)43-27(25-41-29(36)22-4-2)26-42-34-33(40)32(39)31(38)28(24-35)44-34/h12-13,27-28,31-35,38-40H,3-11,14-26H2,1-2H3/b13-12-. The fourth-order valence-corrected chi connectivity index (χ4v) is 5.10. The molecule has 6 atom stereocenters. The smallest absolute Gasteiger partial charge is 0.306 e. The molecule has 0 saturated carbocycles. The van der Waals surface area contributed by atoms with Crippen LogP contribution in [0.15, 0.2) is 12.2 Å². The van der Waals surface area contributed by atoms with Gasteiger partial charge in [0.1, 0.15) is 31.0 Å². The van der Waals surface area contributed by atoms with Crippen LogP contribution in [0.25, 0.3) is 0 Å². The maximum Gasteiger partial charge on any atom is 0.306 e. The summed E-state index contributed by atoms with van der Waals surface area (Å²) in [6, 6.07) is 0. The molecule has 0 spiro atoms. The van der Waals surface area contributed by atoms with Gasteiger partial charge in [-0.3, -0.25) is 9.59 Å². The number of esters is 2. The van der Waals surface area contributed by atoms with Gasteiger partial charge in [0.2, 0.25) is 0 Å². The van der Waals surface area contributed by atoms with Crippen molar-refractivity contribution in [1.82, 2.24) is 0 Å². The minimum Gasteiger partial charge on any atom is -0.462 e. The van der Waals surface area contributed by atoms with Gasteiger partial charge in [0.15, 0.2) is 12.4 Å². The summed E-state index contributed by atoms with van der Waals surface area (Å²) < 4.78 is 21.5. The van der Waals surface area contributed by atoms with E-state index >= 15 is 0 Å². The Morgan fingerprint density at radius 3 is 1.82 bits per heavy atom. The molecule has 0 aromatic heterocycles. The first kappa shape index (κ1) is 40.5. The lowest BCUT2D eigenvalue weighted by Crippen LogP contribution is -2.59. The average Bonchev–Trinajstić information content (AvgIpc) is 3.01. The first-order valence-corrected chi connectivity index (χ1v) is 17.3. The van der Waals surface area contributed by atoms with E-state index in [9.17, 15) is 30.0 Å². The van der Waals surface area contributed by atoms with Crippen LogP contribution < -0.4 is 0 Å². The predicted molar refractivity (Wildman–Crippen MR) is 169 cm³/mol. The molecule has 10 heteroatoms. The highest BCUT2D eigenvalue weighted by atomic mass is 16.7. The molecule has 1 aliphatic rings. The van der Waals surface area contributed by atoms with Crippen molar-refractivity contribution in [3.8, 4) is 0 Å². The van der Waals surface area contributed by atoms with E-state index in [0.29, 0.717) is 12.8 Å². The molecule has 1 saturated heterocycles. The number of hydrogen-bond acceptors (Lipinski definition) is 10. The fourth-order valence-electron chi connectivity index (χ4n) is 5.10. The van der Waals surface area contributed by atoms with Crippen LogP contribution >= 0.6 is 0 Å². The number of carbonyl (C=O) groups is 2. The van der Waals surface area contributed by atoms with Crippen LogP contribution in [0.1, 0.15) is 136 Å². The van der Waals surface area contributed by atoms with E-state index in [1.165, 1.54) is 70.6 Å². The van der Waals surface area contributed by atoms with Crippen LogP contribution in [0.3, 0.4) is 0 Å². The third-order valence-electron chi connectivity index (χ3n) is 7.87. The molecule has 4 N–H and O–H groups in total. The van der Waals surface area contributed by atoms with E-state index in [1.54, 1.807) is 0 Å². The maximum atomic E-state index is 12.5. The van der Waals surface area contributed by atoms with Crippen molar-refractivity contribution in [1.29, 1.82) is 0 Å². The summed E-state index contributed by atoms with van der Waals surface area (Å²) >= 11 is 0. The molecule has 0 radical (unpaired) electrons. The largest absolute Gasteiger partial charge is 0.462 e. The van der Waals surface area contributed by atoms with Crippen molar-refractivity contribution in [2.75, 3.05) is 19.8 Å². The second-order valence-corrected chi connectivity index (χ2v) is 12.0. The molecule has 1 fully saturated rings. The van der Waals surface area contributed by atoms with Gasteiger partial charge in [-0.1, -0.05) is 96.6 Å². The third kappa shape index (κ3) is 19.1. The zero-order valence-corrected chi connectivity index (χ0v) is 27.4. The number of unbranched alkanes of at least 4 members (excludes halogenated alkanes) is 14. The number of allylic oxidation sites excluding steroid dienone is 2. The molecule has 10 nitrogen and oxygen atoms in total. The summed E-state index contributed by atoms with van der Waals surface area (Å²) in [5, 5.41) is 39.4. The molecule has 1 aliphatic heterocycles. The Balaban J connectivity index is 2.22. The minimum atomic E-state index is -1.59. The van der Waals surface area contributed by atoms with Crippen LogP contribution in [0.4, 0.5) is 0 Å². The summed E-state index contributed by atoms with van der Waals surface area (Å²) in [7, 11) is 0. The van der Waals surface area contributed by atoms with Crippen molar-refractivity contribution in [3.63, 3.8) is 0 Å². The molecule has 0 bridgehead atoms. The van der Waals surface area contributed by atoms with Crippen molar-refractivity contribution >= 4 is 11.9 Å². The first-order valence-electron chi connectivity index (χ1n) is 17.3. The summed E-state index contributed by atoms with van der Waals surface area (Å²) in [5.74, 6) is -0.872. The summed E-state index contributed by atoms with van der Waals surface area (Å²) in [6.07, 6.45) is 16.9. The molecule has 1 heterocycles. The van der Waals surface area contributed by atoms with Crippen LogP contribution in [0.5, 0.6) is 0 Å². The Morgan fingerprint density at radius 2 is 1.25 bits per heavy atom. The quantitative estimate of drug-likeness (QED) is 0.0537. The van der Waals surface area contributed by atoms with Gasteiger partial charge in [-0.2, -0.15) is 0 Å². The molecule has 0 aromatic rings. The van der Waals surface area contributed by atoms with Crippen molar-refractivity contribution < 1.29 is 49.0 Å². The fraction of sp³-hybridized carbons (Fsp3) is 0.882. The Bertz CT molecular complexity index is 744. The van der Waals surface area contributed by atoms with E-state index in [2.05, 4.69) is 19.1 Å². The number of aliphatic hydroxyl groups is 4. The van der Waals surface area contributed by atoms with E-state index in [-0.39, 0.29) is 26.1 Å². The highest BCUT2D eigenvalue weighted by molar-refractivity contribution is 5.70. The van der Waals surface area contributed by atoms with E-state index in [0.717, 1.165) is 25.7 Å². The van der Waals surface area contributed by atoms with E-state index in [1.807, 2.05) is 6.92 Å². The lowest BCUT2D eigenvalue weighted by molar-refractivity contribution is -0.305. The normalized spacial score (nSPS) is 22.7. The van der Waals surface area contributed by atoms with Crippen molar-refractivity contribution in [2.45, 2.75) is 173 Å². The van der Waals surface area contributed by atoms with Crippen LogP contribution in [0, 0.1) is 0 Å². The lowest BCUT2D eigenvalue weighted by atomic mass is 9.99. The predicted octanol–water partition coefficient (Wildman–Crippen LogP) is 5.27. The lowest BCUT2D eigenvalue weighted by Gasteiger charge is -2.39. The molecule has 0 aliphatic carbocycles. The molecular weight excluding hydrogens is 568 g/mol. The highest BCUT2D eigenvalue weighted by Crippen LogP contribution is 2.22. The molecule has 0 amide bonds. The highest BCUT2D eigenvalue weighted by Gasteiger charge is 2.44. The van der Waals surface area contributed by atoms with Gasteiger partial charge < -0.3 is 39.4 Å². The zero-order chi connectivity index (χ0) is 32.4. The minimum absolute atomic E-state index is 0.225. The van der Waals surface area contributed by atoms with Crippen LogP contribution in [-0.2, 0) is 28.5 Å². The van der Waals surface area contributed by atoms with Crippen molar-refractivity contribution in [2.24, 2.45) is 0 Å². The number of ether oxygens (including phenoxy) is 4. The number of aliphatic hydroxyl groups excluding tert-OH is 4. The number of carbonyl (C=O) groups excluding carboxylic acids is 2. The maximum absolute atomic E-state index is 12.5. The summed E-state index contributed by atoms with van der Waals surface area (Å²) in [6.45, 7) is 3.01. The number of rotatable bonds is 27. The van der Waals surface area contributed by atoms with Gasteiger partial charge in [-0.25, -0.2) is 0 Å². The molecular formula is C34H62O10. The number of hydrogen-bond donors (Lipinski definition) is 4. The molecule has 0 aromatic carbocycles. The van der Waals surface area contributed by atoms with Gasteiger partial charge in [0, 0.05) is 12.8 Å². The van der Waals surface area contributed by atoms with E-state index < -0.39 is 55.4 Å². The monoisotopic (exact) mass is 630 g/mol. The van der Waals surface area contributed by atoms with Gasteiger partial charge in [0.05, 0.1) is 13.2 Å². The van der Waals surface area contributed by atoms with Crippen LogP contribution in [0.2, 0.25) is 0 Å². The van der Waals surface area contributed by atoms with Gasteiger partial charge in [-0.15, -0.1) is 0 Å². The Labute approximate surface area is 265 Å². The third-order valence-corrected chi connectivity index (χ3v) is 7.87. The molecule has 6 unspecified atom stereocenters. The van der Waals surface area contributed by atoms with Gasteiger partial charge >= 0.3 is 11.9 Å². The van der Waals surface area contributed by atoms with Crippen LogP contribution in [-0.4, -0.2) is 89.0 Å². The molecule has 1 rings (SSSR count). The Kier molecular flexibility index (Phi) is 24.5. The van der Waals surface area contributed by atoms with Gasteiger partial charge in [-0.05, 0) is 38.5 Å². The topological polar surface area (TPSA) is 152 Å².